The van der Waals surface area contributed by atoms with E-state index in [0.29, 0.717) is 5.69 Å². The number of rotatable bonds is 7. The van der Waals surface area contributed by atoms with Gasteiger partial charge in [0.15, 0.2) is 0 Å². The van der Waals surface area contributed by atoms with Crippen molar-refractivity contribution in [2.45, 2.75) is 6.54 Å². The molecule has 0 saturated heterocycles. The third kappa shape index (κ3) is 5.10. The quantitative estimate of drug-likeness (QED) is 0.588. The van der Waals surface area contributed by atoms with Gasteiger partial charge in [0, 0.05) is 6.54 Å². The Bertz CT molecular complexity index is 673. The summed E-state index contributed by atoms with van der Waals surface area (Å²) in [6.07, 6.45) is 1.32. The first-order chi connectivity index (χ1) is 9.80. The van der Waals surface area contributed by atoms with Crippen LogP contribution in [0.1, 0.15) is 0 Å². The average molecular weight is 383 g/mol. The van der Waals surface area contributed by atoms with E-state index in [1.165, 1.54) is 20.4 Å². The van der Waals surface area contributed by atoms with Gasteiger partial charge in [-0.2, -0.15) is 5.10 Å². The SMILES string of the molecule is CNS(=O)(=O)CCNc1cnn(CC(=O)OC)c(=O)c1Br. The summed E-state index contributed by atoms with van der Waals surface area (Å²) in [5, 5.41) is 6.59. The van der Waals surface area contributed by atoms with Crippen molar-refractivity contribution in [3.63, 3.8) is 0 Å². The van der Waals surface area contributed by atoms with E-state index in [4.69, 9.17) is 0 Å². The molecule has 0 unspecified atom stereocenters. The molecular formula is C10H15BrN4O5S. The summed E-state index contributed by atoms with van der Waals surface area (Å²) < 4.78 is 30.2. The first kappa shape index (κ1) is 17.6. The third-order valence-electron chi connectivity index (χ3n) is 2.49. The van der Waals surface area contributed by atoms with Crippen LogP contribution in [0.25, 0.3) is 0 Å². The van der Waals surface area contributed by atoms with E-state index in [0.717, 1.165) is 4.68 Å². The molecule has 0 saturated carbocycles. The fourth-order valence-electron chi connectivity index (χ4n) is 1.31. The first-order valence-corrected chi connectivity index (χ1v) is 8.22. The Morgan fingerprint density at radius 3 is 2.76 bits per heavy atom. The largest absolute Gasteiger partial charge is 0.468 e. The molecule has 0 radical (unpaired) electrons. The molecule has 1 heterocycles. The maximum Gasteiger partial charge on any atom is 0.327 e. The molecule has 1 aromatic rings. The van der Waals surface area contributed by atoms with Crippen LogP contribution in [0, 0.1) is 0 Å². The number of carbonyl (C=O) groups excluding carboxylic acids is 1. The molecular weight excluding hydrogens is 368 g/mol. The number of anilines is 1. The summed E-state index contributed by atoms with van der Waals surface area (Å²) in [6.45, 7) is -0.202. The van der Waals surface area contributed by atoms with E-state index in [2.05, 4.69) is 35.8 Å². The Morgan fingerprint density at radius 2 is 2.19 bits per heavy atom. The highest BCUT2D eigenvalue weighted by molar-refractivity contribution is 9.10. The van der Waals surface area contributed by atoms with Crippen molar-refractivity contribution in [1.29, 1.82) is 0 Å². The summed E-state index contributed by atoms with van der Waals surface area (Å²) in [4.78, 5) is 23.1. The molecule has 0 aromatic carbocycles. The van der Waals surface area contributed by atoms with Crippen LogP contribution in [0.4, 0.5) is 5.69 Å². The minimum atomic E-state index is -3.33. The summed E-state index contributed by atoms with van der Waals surface area (Å²) in [7, 11) is -0.804. The number of nitrogens with one attached hydrogen (secondary N) is 2. The molecule has 1 aromatic heterocycles. The molecule has 2 N–H and O–H groups in total. The topological polar surface area (TPSA) is 119 Å². The van der Waals surface area contributed by atoms with E-state index >= 15 is 0 Å². The van der Waals surface area contributed by atoms with Gasteiger partial charge in [-0.1, -0.05) is 0 Å². The van der Waals surface area contributed by atoms with Gasteiger partial charge in [0.05, 0.1) is 24.7 Å². The number of aromatic nitrogens is 2. The van der Waals surface area contributed by atoms with Gasteiger partial charge in [-0.25, -0.2) is 17.8 Å². The predicted octanol–water partition coefficient (Wildman–Crippen LogP) is -0.860. The maximum atomic E-state index is 11.9. The molecule has 21 heavy (non-hydrogen) atoms. The zero-order valence-electron chi connectivity index (χ0n) is 11.4. The molecule has 118 valence electrons. The van der Waals surface area contributed by atoms with Gasteiger partial charge in [-0.15, -0.1) is 0 Å². The van der Waals surface area contributed by atoms with Gasteiger partial charge in [-0.05, 0) is 23.0 Å². The second-order valence-corrected chi connectivity index (χ2v) is 6.70. The molecule has 0 aliphatic rings. The lowest BCUT2D eigenvalue weighted by molar-refractivity contribution is -0.141. The number of methoxy groups -OCH3 is 1. The Kier molecular flexibility index (Phi) is 6.30. The molecule has 0 amide bonds. The Morgan fingerprint density at radius 1 is 1.52 bits per heavy atom. The smallest absolute Gasteiger partial charge is 0.327 e. The zero-order valence-corrected chi connectivity index (χ0v) is 13.8. The normalized spacial score (nSPS) is 11.2. The number of carbonyl (C=O) groups is 1. The first-order valence-electron chi connectivity index (χ1n) is 5.78. The fraction of sp³-hybridized carbons (Fsp3) is 0.500. The fourth-order valence-corrected chi connectivity index (χ4v) is 2.33. The molecule has 1 rings (SSSR count). The van der Waals surface area contributed by atoms with Gasteiger partial charge in [-0.3, -0.25) is 9.59 Å². The highest BCUT2D eigenvalue weighted by Gasteiger charge is 2.12. The number of halogens is 1. The van der Waals surface area contributed by atoms with Gasteiger partial charge >= 0.3 is 5.97 Å². The van der Waals surface area contributed by atoms with Crippen molar-refractivity contribution in [3.8, 4) is 0 Å². The van der Waals surface area contributed by atoms with E-state index < -0.39 is 21.6 Å². The average Bonchev–Trinajstić information content (AvgIpc) is 2.46. The number of hydrogen-bond donors (Lipinski definition) is 2. The minimum Gasteiger partial charge on any atom is -0.468 e. The Balaban J connectivity index is 2.81. The van der Waals surface area contributed by atoms with Crippen LogP contribution in [0.2, 0.25) is 0 Å². The lowest BCUT2D eigenvalue weighted by Gasteiger charge is -2.10. The second-order valence-electron chi connectivity index (χ2n) is 3.86. The standard InChI is InChI=1S/C10H15BrN4O5S/c1-12-21(18,19)4-3-13-7-5-14-15(6-8(16)20-2)10(17)9(7)11/h5,12-13H,3-4,6H2,1-2H3. The lowest BCUT2D eigenvalue weighted by Crippen LogP contribution is -2.29. The molecule has 0 atom stereocenters. The van der Waals surface area contributed by atoms with Crippen LogP contribution in [-0.4, -0.2) is 50.6 Å². The van der Waals surface area contributed by atoms with E-state index in [9.17, 15) is 18.0 Å². The van der Waals surface area contributed by atoms with Crippen LogP contribution in [0.3, 0.4) is 0 Å². The van der Waals surface area contributed by atoms with Crippen molar-refractivity contribution in [1.82, 2.24) is 14.5 Å². The summed E-state index contributed by atoms with van der Waals surface area (Å²) in [5.41, 5.74) is -0.186. The highest BCUT2D eigenvalue weighted by Crippen LogP contribution is 2.15. The van der Waals surface area contributed by atoms with Crippen molar-refractivity contribution < 1.29 is 17.9 Å². The minimum absolute atomic E-state index is 0.101. The third-order valence-corrected chi connectivity index (χ3v) is 4.62. The van der Waals surface area contributed by atoms with Crippen molar-refractivity contribution in [2.75, 3.05) is 31.8 Å². The molecule has 0 fully saturated rings. The maximum absolute atomic E-state index is 11.9. The van der Waals surface area contributed by atoms with Crippen LogP contribution < -0.4 is 15.6 Å². The molecule has 0 aliphatic carbocycles. The lowest BCUT2D eigenvalue weighted by atomic mass is 10.4. The number of hydrogen-bond acceptors (Lipinski definition) is 7. The zero-order chi connectivity index (χ0) is 16.0. The predicted molar refractivity (Wildman–Crippen MR) is 79.5 cm³/mol. The molecule has 11 heteroatoms. The monoisotopic (exact) mass is 382 g/mol. The number of ether oxygens (including phenoxy) is 1. The van der Waals surface area contributed by atoms with Gasteiger partial charge < -0.3 is 10.1 Å². The van der Waals surface area contributed by atoms with Crippen LogP contribution in [-0.2, 0) is 26.1 Å². The van der Waals surface area contributed by atoms with Crippen molar-refractivity contribution in [2.24, 2.45) is 0 Å². The van der Waals surface area contributed by atoms with Gasteiger partial charge in [0.1, 0.15) is 11.0 Å². The molecule has 0 spiro atoms. The Hall–Kier alpha value is -1.46. The molecule has 0 bridgehead atoms. The molecule has 0 aliphatic heterocycles. The summed E-state index contributed by atoms with van der Waals surface area (Å²) >= 11 is 3.09. The number of esters is 1. The summed E-state index contributed by atoms with van der Waals surface area (Å²) in [6, 6.07) is 0. The van der Waals surface area contributed by atoms with E-state index in [1.807, 2.05) is 0 Å². The molecule has 9 nitrogen and oxygen atoms in total. The summed E-state index contributed by atoms with van der Waals surface area (Å²) in [5.74, 6) is -0.751. The van der Waals surface area contributed by atoms with Gasteiger partial charge in [0.25, 0.3) is 5.56 Å². The van der Waals surface area contributed by atoms with Crippen molar-refractivity contribution >= 4 is 37.6 Å². The second kappa shape index (κ2) is 7.52. The van der Waals surface area contributed by atoms with Crippen molar-refractivity contribution in [3.05, 3.63) is 21.0 Å². The van der Waals surface area contributed by atoms with Crippen LogP contribution >= 0.6 is 15.9 Å². The van der Waals surface area contributed by atoms with E-state index in [-0.39, 0.29) is 23.3 Å². The highest BCUT2D eigenvalue weighted by atomic mass is 79.9. The van der Waals surface area contributed by atoms with Crippen LogP contribution in [0.15, 0.2) is 15.5 Å². The van der Waals surface area contributed by atoms with Gasteiger partial charge in [0.2, 0.25) is 10.0 Å². The van der Waals surface area contributed by atoms with E-state index in [1.54, 1.807) is 0 Å². The Labute approximate surface area is 129 Å². The number of nitrogens with zero attached hydrogens (tertiary/aromatic N) is 2. The number of sulfonamides is 1. The van der Waals surface area contributed by atoms with Crippen LogP contribution in [0.5, 0.6) is 0 Å².